The molecule has 110 valence electrons. The van der Waals surface area contributed by atoms with Gasteiger partial charge in [0, 0.05) is 16.6 Å². The van der Waals surface area contributed by atoms with Gasteiger partial charge in [0.25, 0.3) is 0 Å². The van der Waals surface area contributed by atoms with E-state index in [0.29, 0.717) is 10.9 Å². The van der Waals surface area contributed by atoms with Crippen LogP contribution in [0, 0.1) is 13.8 Å². The lowest BCUT2D eigenvalue weighted by molar-refractivity contribution is 0.0687. The molecule has 0 atom stereocenters. The van der Waals surface area contributed by atoms with E-state index in [1.807, 2.05) is 49.4 Å². The van der Waals surface area contributed by atoms with Crippen molar-refractivity contribution in [2.24, 2.45) is 0 Å². The molecule has 0 saturated heterocycles. The number of pyridine rings is 1. The van der Waals surface area contributed by atoms with Crippen molar-refractivity contribution >= 4 is 16.9 Å². The minimum atomic E-state index is -1.11. The van der Waals surface area contributed by atoms with E-state index in [1.165, 1.54) is 0 Å². The molecule has 3 aromatic rings. The number of benzene rings is 2. The van der Waals surface area contributed by atoms with Crippen LogP contribution in [0.2, 0.25) is 0 Å². The van der Waals surface area contributed by atoms with Crippen molar-refractivity contribution < 1.29 is 9.90 Å². The van der Waals surface area contributed by atoms with Crippen LogP contribution >= 0.6 is 0 Å². The summed E-state index contributed by atoms with van der Waals surface area (Å²) < 4.78 is 1.64. The van der Waals surface area contributed by atoms with E-state index < -0.39 is 5.97 Å². The predicted octanol–water partition coefficient (Wildman–Crippen LogP) is 3.31. The standard InChI is InChI=1S/C18H15NO3/c1-11-8-9-14-15(10-11)19(13-6-4-3-5-7-13)16(18(21)22)12(2)17(14)20/h3-10H,1-2H3,(H,21,22). The first-order valence-electron chi connectivity index (χ1n) is 6.95. The molecule has 0 fully saturated rings. The fourth-order valence-corrected chi connectivity index (χ4v) is 2.72. The average Bonchev–Trinajstić information content (AvgIpc) is 2.51. The summed E-state index contributed by atoms with van der Waals surface area (Å²) in [6.07, 6.45) is 0. The quantitative estimate of drug-likeness (QED) is 0.788. The normalized spacial score (nSPS) is 10.8. The third-order valence-corrected chi connectivity index (χ3v) is 3.78. The first-order chi connectivity index (χ1) is 10.5. The van der Waals surface area contributed by atoms with Gasteiger partial charge in [-0.3, -0.25) is 4.79 Å². The van der Waals surface area contributed by atoms with Crippen LogP contribution in [0.25, 0.3) is 16.6 Å². The molecule has 1 heterocycles. The summed E-state index contributed by atoms with van der Waals surface area (Å²) in [5.74, 6) is -1.11. The van der Waals surface area contributed by atoms with Crippen molar-refractivity contribution in [2.45, 2.75) is 13.8 Å². The fraction of sp³-hybridized carbons (Fsp3) is 0.111. The lowest BCUT2D eigenvalue weighted by Crippen LogP contribution is -2.21. The molecule has 0 amide bonds. The second kappa shape index (κ2) is 5.15. The van der Waals surface area contributed by atoms with Gasteiger partial charge in [0.2, 0.25) is 0 Å². The number of hydrogen-bond acceptors (Lipinski definition) is 2. The van der Waals surface area contributed by atoms with Crippen molar-refractivity contribution in [1.29, 1.82) is 0 Å². The molecule has 4 heteroatoms. The van der Waals surface area contributed by atoms with Crippen LogP contribution in [-0.2, 0) is 0 Å². The minimum absolute atomic E-state index is 0.00861. The lowest BCUT2D eigenvalue weighted by atomic mass is 10.1. The molecule has 1 N–H and O–H groups in total. The second-order valence-electron chi connectivity index (χ2n) is 5.30. The molecular formula is C18H15NO3. The van der Waals surface area contributed by atoms with Crippen molar-refractivity contribution in [3.8, 4) is 5.69 Å². The molecule has 0 aliphatic heterocycles. The summed E-state index contributed by atoms with van der Waals surface area (Å²) in [5.41, 5.74) is 2.32. The minimum Gasteiger partial charge on any atom is -0.477 e. The molecule has 1 aromatic heterocycles. The highest BCUT2D eigenvalue weighted by atomic mass is 16.4. The summed E-state index contributed by atoms with van der Waals surface area (Å²) in [4.78, 5) is 24.2. The third-order valence-electron chi connectivity index (χ3n) is 3.78. The monoisotopic (exact) mass is 293 g/mol. The molecule has 22 heavy (non-hydrogen) atoms. The van der Waals surface area contributed by atoms with Crippen molar-refractivity contribution in [3.05, 3.63) is 75.6 Å². The van der Waals surface area contributed by atoms with Crippen molar-refractivity contribution in [2.75, 3.05) is 0 Å². The van der Waals surface area contributed by atoms with Crippen molar-refractivity contribution in [3.63, 3.8) is 0 Å². The zero-order valence-corrected chi connectivity index (χ0v) is 12.3. The summed E-state index contributed by atoms with van der Waals surface area (Å²) >= 11 is 0. The van der Waals surface area contributed by atoms with Crippen LogP contribution in [0.1, 0.15) is 21.6 Å². The van der Waals surface area contributed by atoms with Crippen LogP contribution in [0.4, 0.5) is 0 Å². The van der Waals surface area contributed by atoms with Crippen LogP contribution in [0.3, 0.4) is 0 Å². The molecule has 0 spiro atoms. The summed E-state index contributed by atoms with van der Waals surface area (Å²) in [7, 11) is 0. The van der Waals surface area contributed by atoms with Gasteiger partial charge in [0.15, 0.2) is 5.43 Å². The topological polar surface area (TPSA) is 59.3 Å². The van der Waals surface area contributed by atoms with E-state index in [4.69, 9.17) is 0 Å². The fourth-order valence-electron chi connectivity index (χ4n) is 2.72. The number of rotatable bonds is 2. The molecule has 0 bridgehead atoms. The largest absolute Gasteiger partial charge is 0.477 e. The van der Waals surface area contributed by atoms with E-state index in [-0.39, 0.29) is 16.7 Å². The molecule has 4 nitrogen and oxygen atoms in total. The maximum absolute atomic E-state index is 12.5. The van der Waals surface area contributed by atoms with Gasteiger partial charge in [-0.05, 0) is 43.7 Å². The highest BCUT2D eigenvalue weighted by Crippen LogP contribution is 2.22. The number of nitrogens with zero attached hydrogens (tertiary/aromatic N) is 1. The number of para-hydroxylation sites is 1. The van der Waals surface area contributed by atoms with Gasteiger partial charge in [-0.15, -0.1) is 0 Å². The third kappa shape index (κ3) is 2.09. The number of carboxylic acid groups (broad SMARTS) is 1. The average molecular weight is 293 g/mol. The Labute approximate surface area is 127 Å². The van der Waals surface area contributed by atoms with Gasteiger partial charge < -0.3 is 9.67 Å². The maximum Gasteiger partial charge on any atom is 0.353 e. The highest BCUT2D eigenvalue weighted by Gasteiger charge is 2.20. The van der Waals surface area contributed by atoms with Crippen LogP contribution in [0.15, 0.2) is 53.3 Å². The van der Waals surface area contributed by atoms with Crippen LogP contribution in [-0.4, -0.2) is 15.6 Å². The molecule has 0 saturated carbocycles. The molecule has 0 aliphatic rings. The van der Waals surface area contributed by atoms with Crippen LogP contribution in [0.5, 0.6) is 0 Å². The maximum atomic E-state index is 12.5. The summed E-state index contributed by atoms with van der Waals surface area (Å²) in [6.45, 7) is 3.48. The number of carbonyl (C=O) groups is 1. The van der Waals surface area contributed by atoms with Crippen molar-refractivity contribution in [1.82, 2.24) is 4.57 Å². The van der Waals surface area contributed by atoms with Gasteiger partial charge in [0.05, 0.1) is 5.52 Å². The number of aromatic nitrogens is 1. The molecule has 2 aromatic carbocycles. The smallest absolute Gasteiger partial charge is 0.353 e. The number of aromatic carboxylic acids is 1. The van der Waals surface area contributed by atoms with E-state index >= 15 is 0 Å². The summed E-state index contributed by atoms with van der Waals surface area (Å²) in [5, 5.41) is 10.1. The van der Waals surface area contributed by atoms with Gasteiger partial charge in [-0.25, -0.2) is 4.79 Å². The molecular weight excluding hydrogens is 278 g/mol. The Balaban J connectivity index is 2.59. The van der Waals surface area contributed by atoms with E-state index in [1.54, 1.807) is 17.6 Å². The molecule has 0 aliphatic carbocycles. The zero-order valence-electron chi connectivity index (χ0n) is 12.3. The number of fused-ring (bicyclic) bond motifs is 1. The SMILES string of the molecule is Cc1ccc2c(=O)c(C)c(C(=O)O)n(-c3ccccc3)c2c1. The Morgan fingerprint density at radius 2 is 1.73 bits per heavy atom. The van der Waals surface area contributed by atoms with Crippen LogP contribution < -0.4 is 5.43 Å². The predicted molar refractivity (Wildman–Crippen MR) is 86.0 cm³/mol. The zero-order chi connectivity index (χ0) is 15.9. The molecule has 0 unspecified atom stereocenters. The Morgan fingerprint density at radius 1 is 1.05 bits per heavy atom. The molecule has 3 rings (SSSR count). The van der Waals surface area contributed by atoms with E-state index in [0.717, 1.165) is 11.3 Å². The van der Waals surface area contributed by atoms with Gasteiger partial charge in [-0.1, -0.05) is 24.3 Å². The Hall–Kier alpha value is -2.88. The Morgan fingerprint density at radius 3 is 2.36 bits per heavy atom. The number of carboxylic acids is 1. The van der Waals surface area contributed by atoms with Gasteiger partial charge in [0.1, 0.15) is 5.69 Å². The second-order valence-corrected chi connectivity index (χ2v) is 5.30. The molecule has 0 radical (unpaired) electrons. The van der Waals surface area contributed by atoms with E-state index in [2.05, 4.69) is 0 Å². The first kappa shape index (κ1) is 14.1. The number of aryl methyl sites for hydroxylation is 1. The number of hydrogen-bond donors (Lipinski definition) is 1. The lowest BCUT2D eigenvalue weighted by Gasteiger charge is -2.17. The van der Waals surface area contributed by atoms with Gasteiger partial charge in [-0.2, -0.15) is 0 Å². The Kier molecular flexibility index (Phi) is 3.29. The van der Waals surface area contributed by atoms with Gasteiger partial charge >= 0.3 is 5.97 Å². The first-order valence-corrected chi connectivity index (χ1v) is 6.95. The highest BCUT2D eigenvalue weighted by molar-refractivity contribution is 5.94. The summed E-state index contributed by atoms with van der Waals surface area (Å²) in [6, 6.07) is 14.7. The Bertz CT molecular complexity index is 940. The van der Waals surface area contributed by atoms with E-state index in [9.17, 15) is 14.7 Å².